The number of piperazine rings is 1. The van der Waals surface area contributed by atoms with Crippen LogP contribution in [0.1, 0.15) is 5.82 Å². The SMILES string of the molecule is c1ccc(N2CCN(CCc3nc4c(ccc5ccccc54)[nH]3)CC2)cc1. The van der Waals surface area contributed by atoms with E-state index in [0.717, 1.165) is 56.0 Å². The van der Waals surface area contributed by atoms with Gasteiger partial charge in [-0.3, -0.25) is 4.90 Å². The van der Waals surface area contributed by atoms with Crippen molar-refractivity contribution in [1.82, 2.24) is 14.9 Å². The molecule has 4 heteroatoms. The molecule has 2 heterocycles. The van der Waals surface area contributed by atoms with Gasteiger partial charge in [0.05, 0.1) is 11.0 Å². The number of anilines is 1. The van der Waals surface area contributed by atoms with Gasteiger partial charge in [0.15, 0.2) is 0 Å². The molecule has 0 bridgehead atoms. The molecule has 1 N–H and O–H groups in total. The molecule has 0 amide bonds. The van der Waals surface area contributed by atoms with Crippen molar-refractivity contribution in [2.24, 2.45) is 0 Å². The number of hydrogen-bond donors (Lipinski definition) is 1. The zero-order valence-electron chi connectivity index (χ0n) is 15.4. The Kier molecular flexibility index (Phi) is 4.26. The predicted octanol–water partition coefficient (Wildman–Crippen LogP) is 4.08. The number of rotatable bonds is 4. The Morgan fingerprint density at radius 1 is 0.815 bits per heavy atom. The van der Waals surface area contributed by atoms with Gasteiger partial charge in [-0.1, -0.05) is 48.5 Å². The third kappa shape index (κ3) is 3.28. The second-order valence-electron chi connectivity index (χ2n) is 7.28. The van der Waals surface area contributed by atoms with Gasteiger partial charge < -0.3 is 9.88 Å². The fourth-order valence-electron chi connectivity index (χ4n) is 4.05. The van der Waals surface area contributed by atoms with Crippen LogP contribution < -0.4 is 4.90 Å². The smallest absolute Gasteiger partial charge is 0.108 e. The average Bonchev–Trinajstić information content (AvgIpc) is 3.17. The van der Waals surface area contributed by atoms with Crippen molar-refractivity contribution in [3.63, 3.8) is 0 Å². The van der Waals surface area contributed by atoms with Gasteiger partial charge in [0, 0.05) is 50.2 Å². The summed E-state index contributed by atoms with van der Waals surface area (Å²) in [4.78, 5) is 13.4. The van der Waals surface area contributed by atoms with E-state index in [1.165, 1.54) is 16.5 Å². The second kappa shape index (κ2) is 7.05. The van der Waals surface area contributed by atoms with Crippen molar-refractivity contribution in [1.29, 1.82) is 0 Å². The van der Waals surface area contributed by atoms with E-state index in [0.29, 0.717) is 0 Å². The van der Waals surface area contributed by atoms with Crippen molar-refractivity contribution in [2.45, 2.75) is 6.42 Å². The first-order valence-corrected chi connectivity index (χ1v) is 9.75. The summed E-state index contributed by atoms with van der Waals surface area (Å²) in [5.41, 5.74) is 3.57. The Morgan fingerprint density at radius 3 is 2.44 bits per heavy atom. The summed E-state index contributed by atoms with van der Waals surface area (Å²) in [7, 11) is 0. The summed E-state index contributed by atoms with van der Waals surface area (Å²) in [5, 5.41) is 2.48. The first kappa shape index (κ1) is 16.3. The van der Waals surface area contributed by atoms with Crippen LogP contribution in [-0.4, -0.2) is 47.6 Å². The summed E-state index contributed by atoms with van der Waals surface area (Å²) in [6, 6.07) is 23.5. The number of H-pyrrole nitrogens is 1. The lowest BCUT2D eigenvalue weighted by molar-refractivity contribution is 0.259. The predicted molar refractivity (Wildman–Crippen MR) is 112 cm³/mol. The average molecular weight is 356 g/mol. The number of benzene rings is 3. The summed E-state index contributed by atoms with van der Waals surface area (Å²) in [6.45, 7) is 5.46. The van der Waals surface area contributed by atoms with Crippen LogP contribution in [0, 0.1) is 0 Å². The maximum absolute atomic E-state index is 4.90. The van der Waals surface area contributed by atoms with Crippen LogP contribution in [-0.2, 0) is 6.42 Å². The molecular weight excluding hydrogens is 332 g/mol. The van der Waals surface area contributed by atoms with Gasteiger partial charge >= 0.3 is 0 Å². The van der Waals surface area contributed by atoms with Crippen LogP contribution in [0.3, 0.4) is 0 Å². The van der Waals surface area contributed by atoms with E-state index in [9.17, 15) is 0 Å². The largest absolute Gasteiger partial charge is 0.369 e. The molecule has 0 spiro atoms. The molecule has 0 radical (unpaired) electrons. The number of aromatic nitrogens is 2. The molecule has 27 heavy (non-hydrogen) atoms. The lowest BCUT2D eigenvalue weighted by Crippen LogP contribution is -2.47. The van der Waals surface area contributed by atoms with Gasteiger partial charge in [0.1, 0.15) is 5.82 Å². The lowest BCUT2D eigenvalue weighted by Gasteiger charge is -2.36. The highest BCUT2D eigenvalue weighted by Gasteiger charge is 2.17. The molecule has 0 saturated carbocycles. The lowest BCUT2D eigenvalue weighted by atomic mass is 10.1. The van der Waals surface area contributed by atoms with Crippen molar-refractivity contribution >= 4 is 27.5 Å². The molecule has 5 rings (SSSR count). The molecule has 3 aromatic carbocycles. The Labute approximate surface area is 159 Å². The molecule has 1 aliphatic heterocycles. The highest BCUT2D eigenvalue weighted by Crippen LogP contribution is 2.23. The van der Waals surface area contributed by atoms with Gasteiger partial charge in [-0.05, 0) is 23.6 Å². The Hall–Kier alpha value is -2.85. The molecule has 136 valence electrons. The van der Waals surface area contributed by atoms with E-state index < -0.39 is 0 Å². The zero-order valence-corrected chi connectivity index (χ0v) is 15.4. The normalized spacial score (nSPS) is 15.6. The summed E-state index contributed by atoms with van der Waals surface area (Å²) < 4.78 is 0. The van der Waals surface area contributed by atoms with E-state index in [4.69, 9.17) is 4.98 Å². The maximum atomic E-state index is 4.90. The molecule has 1 aliphatic rings. The minimum absolute atomic E-state index is 0.967. The summed E-state index contributed by atoms with van der Waals surface area (Å²) in [6.07, 6.45) is 0.967. The highest BCUT2D eigenvalue weighted by molar-refractivity contribution is 6.04. The molecule has 0 unspecified atom stereocenters. The number of para-hydroxylation sites is 1. The quantitative estimate of drug-likeness (QED) is 0.598. The number of nitrogens with zero attached hydrogens (tertiary/aromatic N) is 3. The minimum Gasteiger partial charge on any atom is -0.369 e. The summed E-state index contributed by atoms with van der Waals surface area (Å²) in [5.74, 6) is 1.09. The first-order chi connectivity index (χ1) is 13.4. The van der Waals surface area contributed by atoms with Crippen LogP contribution >= 0.6 is 0 Å². The second-order valence-corrected chi connectivity index (χ2v) is 7.28. The topological polar surface area (TPSA) is 35.2 Å². The third-order valence-corrected chi connectivity index (χ3v) is 5.58. The van der Waals surface area contributed by atoms with E-state index in [-0.39, 0.29) is 0 Å². The third-order valence-electron chi connectivity index (χ3n) is 5.58. The van der Waals surface area contributed by atoms with Gasteiger partial charge in [-0.15, -0.1) is 0 Å². The first-order valence-electron chi connectivity index (χ1n) is 9.75. The van der Waals surface area contributed by atoms with Crippen LogP contribution in [0.5, 0.6) is 0 Å². The fourth-order valence-corrected chi connectivity index (χ4v) is 4.05. The maximum Gasteiger partial charge on any atom is 0.108 e. The number of imidazole rings is 1. The minimum atomic E-state index is 0.967. The molecule has 0 aliphatic carbocycles. The van der Waals surface area contributed by atoms with E-state index in [1.54, 1.807) is 0 Å². The number of hydrogen-bond acceptors (Lipinski definition) is 3. The highest BCUT2D eigenvalue weighted by atomic mass is 15.3. The van der Waals surface area contributed by atoms with Crippen molar-refractivity contribution in [2.75, 3.05) is 37.6 Å². The molecule has 4 aromatic rings. The van der Waals surface area contributed by atoms with Crippen LogP contribution in [0.15, 0.2) is 66.7 Å². The van der Waals surface area contributed by atoms with Gasteiger partial charge in [0.2, 0.25) is 0 Å². The van der Waals surface area contributed by atoms with Crippen LogP contribution in [0.2, 0.25) is 0 Å². The molecule has 1 saturated heterocycles. The Morgan fingerprint density at radius 2 is 1.59 bits per heavy atom. The van der Waals surface area contributed by atoms with Crippen LogP contribution in [0.25, 0.3) is 21.8 Å². The van der Waals surface area contributed by atoms with Gasteiger partial charge in [0.25, 0.3) is 0 Å². The molecule has 1 aromatic heterocycles. The molecule has 0 atom stereocenters. The zero-order chi connectivity index (χ0) is 18.1. The van der Waals surface area contributed by atoms with Crippen molar-refractivity contribution in [3.05, 3.63) is 72.6 Å². The molecule has 4 nitrogen and oxygen atoms in total. The Bertz CT molecular complexity index is 1050. The van der Waals surface area contributed by atoms with E-state index in [2.05, 4.69) is 81.5 Å². The van der Waals surface area contributed by atoms with Gasteiger partial charge in [-0.25, -0.2) is 4.98 Å². The summed E-state index contributed by atoms with van der Waals surface area (Å²) >= 11 is 0. The van der Waals surface area contributed by atoms with E-state index >= 15 is 0 Å². The Balaban J connectivity index is 1.24. The van der Waals surface area contributed by atoms with Crippen molar-refractivity contribution in [3.8, 4) is 0 Å². The van der Waals surface area contributed by atoms with Crippen molar-refractivity contribution < 1.29 is 0 Å². The molecular formula is C23H24N4. The van der Waals surface area contributed by atoms with Crippen LogP contribution in [0.4, 0.5) is 5.69 Å². The van der Waals surface area contributed by atoms with Gasteiger partial charge in [-0.2, -0.15) is 0 Å². The number of fused-ring (bicyclic) bond motifs is 3. The number of aromatic amines is 1. The molecule has 1 fully saturated rings. The fraction of sp³-hybridized carbons (Fsp3) is 0.261. The van der Waals surface area contributed by atoms with E-state index in [1.807, 2.05) is 0 Å². The standard InChI is InChI=1S/C23H24N4/c1-2-7-19(8-3-1)27-16-14-26(15-17-27)13-12-22-24-21-11-10-18-6-4-5-9-20(18)23(21)25-22/h1-11H,12-17H2,(H,24,25). The monoisotopic (exact) mass is 356 g/mol. The number of nitrogens with one attached hydrogen (secondary N) is 1.